The molecule has 2 aromatic rings. The van der Waals surface area contributed by atoms with E-state index in [0.29, 0.717) is 47.6 Å². The van der Waals surface area contributed by atoms with E-state index in [1.165, 1.54) is 0 Å². The van der Waals surface area contributed by atoms with Crippen LogP contribution in [0, 0.1) is 0 Å². The summed E-state index contributed by atoms with van der Waals surface area (Å²) in [7, 11) is 4.80. The largest absolute Gasteiger partial charge is 0.495 e. The minimum atomic E-state index is -0.259. The third-order valence-electron chi connectivity index (χ3n) is 5.41. The Labute approximate surface area is 194 Å². The van der Waals surface area contributed by atoms with Crippen LogP contribution < -0.4 is 30.2 Å². The molecule has 2 amide bonds. The predicted octanol–water partition coefficient (Wildman–Crippen LogP) is 3.33. The lowest BCUT2D eigenvalue weighted by Gasteiger charge is -2.38. The minimum absolute atomic E-state index is 0.212. The van der Waals surface area contributed by atoms with E-state index in [1.54, 1.807) is 21.3 Å². The highest BCUT2D eigenvalue weighted by atomic mass is 32.1. The van der Waals surface area contributed by atoms with Crippen LogP contribution in [0.25, 0.3) is 0 Å². The molecule has 32 heavy (non-hydrogen) atoms. The molecule has 9 heteroatoms. The Hall–Kier alpha value is -3.20. The number of fused-ring (bicyclic) bond motifs is 1. The summed E-state index contributed by atoms with van der Waals surface area (Å²) in [5.74, 6) is 1.90. The number of methoxy groups -OCH3 is 3. The van der Waals surface area contributed by atoms with E-state index < -0.39 is 0 Å². The van der Waals surface area contributed by atoms with Crippen LogP contribution in [-0.4, -0.2) is 57.0 Å². The molecule has 0 saturated heterocycles. The van der Waals surface area contributed by atoms with Crippen molar-refractivity contribution in [3.8, 4) is 17.2 Å². The van der Waals surface area contributed by atoms with Crippen molar-refractivity contribution in [2.45, 2.75) is 19.4 Å². The highest BCUT2D eigenvalue weighted by Gasteiger charge is 2.32. The molecule has 0 spiro atoms. The van der Waals surface area contributed by atoms with E-state index in [0.717, 1.165) is 17.7 Å². The number of thiocarbonyl (C=S) groups is 1. The third-order valence-corrected chi connectivity index (χ3v) is 5.69. The lowest BCUT2D eigenvalue weighted by atomic mass is 9.92. The summed E-state index contributed by atoms with van der Waals surface area (Å²) in [6.07, 6.45) is 0.698. The number of hydrogen-bond acceptors (Lipinski definition) is 5. The second kappa shape index (κ2) is 10.9. The van der Waals surface area contributed by atoms with E-state index >= 15 is 0 Å². The first kappa shape index (κ1) is 23.5. The molecule has 0 fully saturated rings. The average molecular weight is 459 g/mol. The van der Waals surface area contributed by atoms with E-state index in [1.807, 2.05) is 48.2 Å². The fourth-order valence-corrected chi connectivity index (χ4v) is 4.07. The summed E-state index contributed by atoms with van der Waals surface area (Å²) in [6.45, 7) is 3.70. The van der Waals surface area contributed by atoms with Gasteiger partial charge in [0.15, 0.2) is 16.6 Å². The van der Waals surface area contributed by atoms with Gasteiger partial charge in [-0.15, -0.1) is 0 Å². The zero-order chi connectivity index (χ0) is 23.1. The number of ether oxygens (including phenoxy) is 3. The quantitative estimate of drug-likeness (QED) is 0.549. The summed E-state index contributed by atoms with van der Waals surface area (Å²) >= 11 is 5.35. The van der Waals surface area contributed by atoms with Gasteiger partial charge >= 0.3 is 6.03 Å². The topological polar surface area (TPSA) is 84.1 Å². The van der Waals surface area contributed by atoms with Gasteiger partial charge in [0.2, 0.25) is 0 Å². The van der Waals surface area contributed by atoms with Crippen molar-refractivity contribution >= 4 is 29.0 Å². The molecule has 3 rings (SSSR count). The van der Waals surface area contributed by atoms with Crippen LogP contribution in [0.4, 0.5) is 10.5 Å². The van der Waals surface area contributed by atoms with Crippen molar-refractivity contribution in [3.63, 3.8) is 0 Å². The molecule has 8 nitrogen and oxygen atoms in total. The summed E-state index contributed by atoms with van der Waals surface area (Å²) < 4.78 is 16.4. The maximum atomic E-state index is 13.3. The van der Waals surface area contributed by atoms with Crippen molar-refractivity contribution in [3.05, 3.63) is 47.5 Å². The summed E-state index contributed by atoms with van der Waals surface area (Å²) in [5.41, 5.74) is 2.73. The van der Waals surface area contributed by atoms with Gasteiger partial charge in [0.05, 0.1) is 33.1 Å². The highest BCUT2D eigenvalue weighted by Crippen LogP contribution is 2.38. The maximum Gasteiger partial charge on any atom is 0.322 e. The molecule has 0 aliphatic carbocycles. The van der Waals surface area contributed by atoms with Crippen LogP contribution in [0.5, 0.6) is 17.2 Å². The van der Waals surface area contributed by atoms with Gasteiger partial charge in [-0.2, -0.15) is 0 Å². The Kier molecular flexibility index (Phi) is 7.99. The van der Waals surface area contributed by atoms with Crippen molar-refractivity contribution in [2.24, 2.45) is 0 Å². The number of nitrogens with one attached hydrogen (secondary N) is 3. The molecule has 0 bridgehead atoms. The number of para-hydroxylation sites is 2. The zero-order valence-electron chi connectivity index (χ0n) is 18.9. The lowest BCUT2D eigenvalue weighted by molar-refractivity contribution is 0.182. The van der Waals surface area contributed by atoms with Crippen LogP contribution in [-0.2, 0) is 6.42 Å². The van der Waals surface area contributed by atoms with Crippen molar-refractivity contribution in [1.29, 1.82) is 0 Å². The third kappa shape index (κ3) is 5.16. The maximum absolute atomic E-state index is 13.3. The first-order valence-corrected chi connectivity index (χ1v) is 10.9. The van der Waals surface area contributed by atoms with Gasteiger partial charge < -0.3 is 35.1 Å². The van der Waals surface area contributed by atoms with E-state index in [4.69, 9.17) is 26.4 Å². The molecule has 1 aliphatic heterocycles. The first-order chi connectivity index (χ1) is 15.5. The second-order valence-corrected chi connectivity index (χ2v) is 7.64. The van der Waals surface area contributed by atoms with Gasteiger partial charge in [-0.25, -0.2) is 4.79 Å². The molecule has 0 unspecified atom stereocenters. The highest BCUT2D eigenvalue weighted by molar-refractivity contribution is 7.80. The van der Waals surface area contributed by atoms with Gasteiger partial charge in [-0.1, -0.05) is 12.1 Å². The number of nitrogens with zero attached hydrogens (tertiary/aromatic N) is 1. The van der Waals surface area contributed by atoms with E-state index in [-0.39, 0.29) is 12.1 Å². The summed E-state index contributed by atoms with van der Waals surface area (Å²) in [6, 6.07) is 10.8. The Morgan fingerprint density at radius 2 is 1.75 bits per heavy atom. The van der Waals surface area contributed by atoms with Crippen molar-refractivity contribution in [1.82, 2.24) is 15.5 Å². The summed E-state index contributed by atoms with van der Waals surface area (Å²) in [4.78, 5) is 15.1. The molecule has 0 radical (unpaired) electrons. The van der Waals surface area contributed by atoms with Crippen LogP contribution in [0.3, 0.4) is 0 Å². The van der Waals surface area contributed by atoms with E-state index in [9.17, 15) is 4.79 Å². The number of benzene rings is 2. The normalized spacial score (nSPS) is 14.8. The monoisotopic (exact) mass is 458 g/mol. The number of anilines is 1. The lowest BCUT2D eigenvalue weighted by Crippen LogP contribution is -2.48. The number of hydrogen-bond donors (Lipinski definition) is 3. The zero-order valence-corrected chi connectivity index (χ0v) is 19.7. The molecule has 0 saturated carbocycles. The fourth-order valence-electron chi connectivity index (χ4n) is 3.84. The molecule has 1 atom stereocenters. The van der Waals surface area contributed by atoms with Gasteiger partial charge in [0.25, 0.3) is 0 Å². The Balaban J connectivity index is 1.92. The van der Waals surface area contributed by atoms with Crippen LogP contribution in [0.1, 0.15) is 24.1 Å². The molecule has 172 valence electrons. The molecule has 0 aromatic heterocycles. The molecular weight excluding hydrogens is 428 g/mol. The second-order valence-electron chi connectivity index (χ2n) is 7.24. The standard InChI is InChI=1S/C23H30N4O4S/c1-5-24-22(32)25-14-18-16-13-21(31-4)20(30-3)12-15(16)10-11-27(18)23(28)26-17-8-6-7-9-19(17)29-2/h6-9,12-13,18H,5,10-11,14H2,1-4H3,(H,26,28)(H2,24,25,32)/t18-/m1/s1. The van der Waals surface area contributed by atoms with E-state index in [2.05, 4.69) is 16.0 Å². The molecule has 1 heterocycles. The number of amides is 2. The summed E-state index contributed by atoms with van der Waals surface area (Å²) in [5, 5.41) is 9.85. The fraction of sp³-hybridized carbons (Fsp3) is 0.391. The number of carbonyl (C=O) groups excluding carboxylic acids is 1. The van der Waals surface area contributed by atoms with Crippen LogP contribution in [0.15, 0.2) is 36.4 Å². The molecule has 3 N–H and O–H groups in total. The Morgan fingerprint density at radius 3 is 2.44 bits per heavy atom. The Morgan fingerprint density at radius 1 is 1.06 bits per heavy atom. The number of urea groups is 1. The van der Waals surface area contributed by atoms with Crippen LogP contribution in [0.2, 0.25) is 0 Å². The minimum Gasteiger partial charge on any atom is -0.495 e. The number of rotatable bonds is 7. The predicted molar refractivity (Wildman–Crippen MR) is 129 cm³/mol. The number of carbonyl (C=O) groups is 1. The van der Waals surface area contributed by atoms with Crippen LogP contribution >= 0.6 is 12.2 Å². The van der Waals surface area contributed by atoms with Crippen molar-refractivity contribution < 1.29 is 19.0 Å². The van der Waals surface area contributed by atoms with Gasteiger partial charge in [0.1, 0.15) is 5.75 Å². The van der Waals surface area contributed by atoms with Gasteiger partial charge in [-0.3, -0.25) is 0 Å². The average Bonchev–Trinajstić information content (AvgIpc) is 2.81. The first-order valence-electron chi connectivity index (χ1n) is 10.5. The van der Waals surface area contributed by atoms with Gasteiger partial charge in [-0.05, 0) is 61.0 Å². The SMILES string of the molecule is CCNC(=S)NC[C@@H]1c2cc(OC)c(OC)cc2CCN1C(=O)Nc1ccccc1OC. The molecular formula is C23H30N4O4S. The smallest absolute Gasteiger partial charge is 0.322 e. The molecule has 1 aliphatic rings. The van der Waals surface area contributed by atoms with Gasteiger partial charge in [0, 0.05) is 19.6 Å². The van der Waals surface area contributed by atoms with Crippen molar-refractivity contribution in [2.75, 3.05) is 46.3 Å². The Bertz CT molecular complexity index is 969. The molecule has 2 aromatic carbocycles.